The van der Waals surface area contributed by atoms with Crippen LogP contribution in [0.25, 0.3) is 0 Å². The van der Waals surface area contributed by atoms with Crippen LogP contribution in [0.5, 0.6) is 0 Å². The molecule has 172 valence electrons. The summed E-state index contributed by atoms with van der Waals surface area (Å²) in [5.74, 6) is -0.456. The molecular formula is C21H27N5O5S. The van der Waals surface area contributed by atoms with E-state index in [0.29, 0.717) is 25.1 Å². The molecule has 1 unspecified atom stereocenters. The van der Waals surface area contributed by atoms with E-state index in [4.69, 9.17) is 0 Å². The standard InChI is InChI=1S/C21H27N5O5S/c1-14(26-19(28)21(23-20(26)29)10-3-4-11-21)18(27)22-15-7-5-8-16(13-15)32(30,31)24-17-9-6-12-25(17)2/h5,7-8,13-14H,3-4,6,9-12H2,1-2H3,(H,22,27)(H,23,29)/b24-17-. The number of imide groups is 1. The normalized spacial score (nSPS) is 22.6. The summed E-state index contributed by atoms with van der Waals surface area (Å²) in [6.45, 7) is 2.23. The first kappa shape index (κ1) is 22.3. The molecule has 1 aromatic carbocycles. The maximum Gasteiger partial charge on any atom is 0.325 e. The number of amides is 4. The monoisotopic (exact) mass is 461 g/mol. The number of hydrogen-bond acceptors (Lipinski definition) is 5. The minimum absolute atomic E-state index is 0.0457. The van der Waals surface area contributed by atoms with Gasteiger partial charge in [-0.3, -0.25) is 9.59 Å². The smallest absolute Gasteiger partial charge is 0.325 e. The maximum absolute atomic E-state index is 12.9. The molecule has 3 fully saturated rings. The third-order valence-electron chi connectivity index (χ3n) is 6.38. The van der Waals surface area contributed by atoms with Crippen LogP contribution in [0.4, 0.5) is 10.5 Å². The number of amidine groups is 1. The molecule has 1 aliphatic carbocycles. The van der Waals surface area contributed by atoms with E-state index < -0.39 is 33.5 Å². The fraction of sp³-hybridized carbons (Fsp3) is 0.524. The van der Waals surface area contributed by atoms with Gasteiger partial charge in [-0.05, 0) is 44.4 Å². The van der Waals surface area contributed by atoms with Crippen molar-refractivity contribution in [3.63, 3.8) is 0 Å². The van der Waals surface area contributed by atoms with E-state index in [0.717, 1.165) is 30.7 Å². The van der Waals surface area contributed by atoms with Gasteiger partial charge < -0.3 is 15.5 Å². The average Bonchev–Trinajstić information content (AvgIpc) is 3.43. The Hall–Kier alpha value is -2.95. The Kier molecular flexibility index (Phi) is 5.70. The number of nitrogens with zero attached hydrogens (tertiary/aromatic N) is 3. The molecular weight excluding hydrogens is 434 g/mol. The molecule has 2 heterocycles. The van der Waals surface area contributed by atoms with Gasteiger partial charge in [0.1, 0.15) is 17.4 Å². The van der Waals surface area contributed by atoms with Gasteiger partial charge in [-0.25, -0.2) is 9.69 Å². The van der Waals surface area contributed by atoms with E-state index in [2.05, 4.69) is 15.0 Å². The second-order valence-corrected chi connectivity index (χ2v) is 10.2. The highest BCUT2D eigenvalue weighted by molar-refractivity contribution is 7.90. The molecule has 1 atom stereocenters. The zero-order chi connectivity index (χ0) is 23.1. The second-order valence-electron chi connectivity index (χ2n) is 8.60. The lowest BCUT2D eigenvalue weighted by molar-refractivity contribution is -0.136. The minimum Gasteiger partial charge on any atom is -0.362 e. The van der Waals surface area contributed by atoms with Crippen LogP contribution in [0.3, 0.4) is 0 Å². The lowest BCUT2D eigenvalue weighted by Crippen LogP contribution is -2.48. The predicted octanol–water partition coefficient (Wildman–Crippen LogP) is 1.69. The summed E-state index contributed by atoms with van der Waals surface area (Å²) in [5, 5.41) is 5.37. The molecule has 32 heavy (non-hydrogen) atoms. The molecule has 0 aromatic heterocycles. The average molecular weight is 462 g/mol. The summed E-state index contributed by atoms with van der Waals surface area (Å²) in [5.41, 5.74) is -0.655. The Balaban J connectivity index is 1.49. The third kappa shape index (κ3) is 3.96. The quantitative estimate of drug-likeness (QED) is 0.642. The first-order valence-corrected chi connectivity index (χ1v) is 12.2. The number of carbonyl (C=O) groups is 3. The van der Waals surface area contributed by atoms with Gasteiger partial charge >= 0.3 is 6.03 Å². The van der Waals surface area contributed by atoms with Gasteiger partial charge in [0.15, 0.2) is 0 Å². The predicted molar refractivity (Wildman–Crippen MR) is 118 cm³/mol. The van der Waals surface area contributed by atoms with Crippen LogP contribution in [-0.2, 0) is 19.6 Å². The zero-order valence-electron chi connectivity index (χ0n) is 18.1. The number of rotatable bonds is 5. The molecule has 4 amide bonds. The van der Waals surface area contributed by atoms with Crippen LogP contribution in [0.15, 0.2) is 33.6 Å². The molecule has 2 aliphatic heterocycles. The summed E-state index contributed by atoms with van der Waals surface area (Å²) in [6, 6.07) is 4.16. The largest absolute Gasteiger partial charge is 0.362 e. The molecule has 3 aliphatic rings. The molecule has 10 nitrogen and oxygen atoms in total. The lowest BCUT2D eigenvalue weighted by atomic mass is 9.97. The Bertz CT molecular complexity index is 1090. The zero-order valence-corrected chi connectivity index (χ0v) is 18.9. The van der Waals surface area contributed by atoms with Gasteiger partial charge in [0.2, 0.25) is 5.91 Å². The van der Waals surface area contributed by atoms with Crippen molar-refractivity contribution in [1.82, 2.24) is 15.1 Å². The van der Waals surface area contributed by atoms with E-state index in [1.165, 1.54) is 25.1 Å². The van der Waals surface area contributed by atoms with E-state index in [1.807, 2.05) is 0 Å². The van der Waals surface area contributed by atoms with Crippen LogP contribution in [0.2, 0.25) is 0 Å². The molecule has 2 N–H and O–H groups in total. The lowest BCUT2D eigenvalue weighted by Gasteiger charge is -2.23. The van der Waals surface area contributed by atoms with Gasteiger partial charge in [-0.15, -0.1) is 4.40 Å². The van der Waals surface area contributed by atoms with E-state index >= 15 is 0 Å². The van der Waals surface area contributed by atoms with Crippen molar-refractivity contribution in [2.45, 2.75) is 61.9 Å². The van der Waals surface area contributed by atoms with Gasteiger partial charge in [-0.2, -0.15) is 8.42 Å². The highest BCUT2D eigenvalue weighted by Gasteiger charge is 2.54. The van der Waals surface area contributed by atoms with E-state index in [1.54, 1.807) is 18.0 Å². The highest BCUT2D eigenvalue weighted by atomic mass is 32.2. The van der Waals surface area contributed by atoms with Crippen LogP contribution in [-0.4, -0.2) is 67.1 Å². The van der Waals surface area contributed by atoms with Gasteiger partial charge in [0.05, 0.1) is 4.90 Å². The number of likely N-dealkylation sites (tertiary alicyclic amines) is 1. The van der Waals surface area contributed by atoms with Crippen molar-refractivity contribution in [1.29, 1.82) is 0 Å². The summed E-state index contributed by atoms with van der Waals surface area (Å²) in [4.78, 5) is 40.8. The van der Waals surface area contributed by atoms with Crippen LogP contribution in [0, 0.1) is 0 Å². The van der Waals surface area contributed by atoms with Crippen molar-refractivity contribution in [3.8, 4) is 0 Å². The molecule has 1 saturated carbocycles. The van der Waals surface area contributed by atoms with Crippen LogP contribution >= 0.6 is 0 Å². The fourth-order valence-electron chi connectivity index (χ4n) is 4.51. The van der Waals surface area contributed by atoms with Crippen molar-refractivity contribution >= 4 is 39.4 Å². The molecule has 0 bridgehead atoms. The van der Waals surface area contributed by atoms with E-state index in [9.17, 15) is 22.8 Å². The molecule has 2 saturated heterocycles. The van der Waals surface area contributed by atoms with Crippen molar-refractivity contribution in [2.24, 2.45) is 4.40 Å². The number of anilines is 1. The molecule has 4 rings (SSSR count). The fourth-order valence-corrected chi connectivity index (χ4v) is 5.65. The van der Waals surface area contributed by atoms with Crippen LogP contribution < -0.4 is 10.6 Å². The number of sulfonamides is 1. The van der Waals surface area contributed by atoms with Gasteiger partial charge in [-0.1, -0.05) is 18.9 Å². The van der Waals surface area contributed by atoms with Crippen molar-refractivity contribution in [3.05, 3.63) is 24.3 Å². The number of hydrogen-bond donors (Lipinski definition) is 2. The number of nitrogens with one attached hydrogen (secondary N) is 2. The Morgan fingerprint density at radius 1 is 1.22 bits per heavy atom. The molecule has 1 spiro atoms. The summed E-state index contributed by atoms with van der Waals surface area (Å²) in [7, 11) is -2.14. The number of benzene rings is 1. The molecule has 11 heteroatoms. The maximum atomic E-state index is 12.9. The Labute approximate surface area is 187 Å². The topological polar surface area (TPSA) is 128 Å². The number of carbonyl (C=O) groups excluding carboxylic acids is 3. The molecule has 0 radical (unpaired) electrons. The van der Waals surface area contributed by atoms with Crippen molar-refractivity contribution < 1.29 is 22.8 Å². The van der Waals surface area contributed by atoms with E-state index in [-0.39, 0.29) is 16.5 Å². The summed E-state index contributed by atoms with van der Waals surface area (Å²) < 4.78 is 29.4. The second kappa shape index (κ2) is 8.19. The Morgan fingerprint density at radius 3 is 2.59 bits per heavy atom. The van der Waals surface area contributed by atoms with Gasteiger partial charge in [0.25, 0.3) is 15.9 Å². The third-order valence-corrected chi connectivity index (χ3v) is 7.68. The molecule has 1 aromatic rings. The number of urea groups is 1. The van der Waals surface area contributed by atoms with Crippen molar-refractivity contribution in [2.75, 3.05) is 18.9 Å². The van der Waals surface area contributed by atoms with Gasteiger partial charge in [0, 0.05) is 25.7 Å². The minimum atomic E-state index is -3.94. The first-order chi connectivity index (χ1) is 15.1. The SMILES string of the molecule is CC(C(=O)Nc1cccc(S(=O)(=O)/N=C2/CCCN2C)c1)N1C(=O)NC2(CCCC2)C1=O. The highest BCUT2D eigenvalue weighted by Crippen LogP contribution is 2.36. The summed E-state index contributed by atoms with van der Waals surface area (Å²) in [6.07, 6.45) is 4.28. The first-order valence-electron chi connectivity index (χ1n) is 10.7. The Morgan fingerprint density at radius 2 is 1.94 bits per heavy atom. The summed E-state index contributed by atoms with van der Waals surface area (Å²) >= 11 is 0. The van der Waals surface area contributed by atoms with Crippen LogP contribution in [0.1, 0.15) is 45.4 Å².